The zero-order valence-electron chi connectivity index (χ0n) is 10.6. The summed E-state index contributed by atoms with van der Waals surface area (Å²) in [6, 6.07) is 5.40. The molecule has 0 spiro atoms. The standard InChI is InChI=1S/C14H21N3/c1-10(12-4-3-5-15-6-12)17-9-13-7-16-8-14(13)11(17)2/h3-6,10-11,13-14,16H,7-9H2,1-2H3. The third-order valence-corrected chi connectivity index (χ3v) is 4.64. The average molecular weight is 231 g/mol. The zero-order chi connectivity index (χ0) is 11.8. The minimum atomic E-state index is 0.490. The quantitative estimate of drug-likeness (QED) is 0.839. The molecule has 92 valence electrons. The predicted octanol–water partition coefficient (Wildman–Crippen LogP) is 1.68. The minimum Gasteiger partial charge on any atom is -0.316 e. The topological polar surface area (TPSA) is 28.2 Å². The summed E-state index contributed by atoms with van der Waals surface area (Å²) < 4.78 is 0. The van der Waals surface area contributed by atoms with Gasteiger partial charge in [-0.25, -0.2) is 0 Å². The second-order valence-corrected chi connectivity index (χ2v) is 5.48. The summed E-state index contributed by atoms with van der Waals surface area (Å²) in [7, 11) is 0. The van der Waals surface area contributed by atoms with Gasteiger partial charge in [0, 0.05) is 31.0 Å². The van der Waals surface area contributed by atoms with E-state index in [0.717, 1.165) is 11.8 Å². The van der Waals surface area contributed by atoms with Crippen molar-refractivity contribution in [3.63, 3.8) is 0 Å². The van der Waals surface area contributed by atoms with Gasteiger partial charge in [0.25, 0.3) is 0 Å². The lowest BCUT2D eigenvalue weighted by atomic mass is 9.95. The van der Waals surface area contributed by atoms with Gasteiger partial charge >= 0.3 is 0 Å². The van der Waals surface area contributed by atoms with Crippen molar-refractivity contribution >= 4 is 0 Å². The van der Waals surface area contributed by atoms with Crippen LogP contribution in [0.3, 0.4) is 0 Å². The smallest absolute Gasteiger partial charge is 0.0338 e. The minimum absolute atomic E-state index is 0.490. The Hall–Kier alpha value is -0.930. The molecule has 3 rings (SSSR count). The van der Waals surface area contributed by atoms with Gasteiger partial charge in [0.1, 0.15) is 0 Å². The van der Waals surface area contributed by atoms with E-state index in [1.165, 1.54) is 25.2 Å². The first-order valence-electron chi connectivity index (χ1n) is 6.63. The fourth-order valence-electron chi connectivity index (χ4n) is 3.53. The first-order valence-corrected chi connectivity index (χ1v) is 6.63. The lowest BCUT2D eigenvalue weighted by Gasteiger charge is -2.30. The molecule has 0 amide bonds. The number of rotatable bonds is 2. The molecule has 4 atom stereocenters. The largest absolute Gasteiger partial charge is 0.316 e. The fraction of sp³-hybridized carbons (Fsp3) is 0.643. The Morgan fingerprint density at radius 3 is 3.06 bits per heavy atom. The maximum Gasteiger partial charge on any atom is 0.0338 e. The summed E-state index contributed by atoms with van der Waals surface area (Å²) in [6.07, 6.45) is 3.85. The molecule has 0 aliphatic carbocycles. The maximum absolute atomic E-state index is 4.24. The van der Waals surface area contributed by atoms with Gasteiger partial charge in [0.15, 0.2) is 0 Å². The van der Waals surface area contributed by atoms with Crippen molar-refractivity contribution < 1.29 is 0 Å². The van der Waals surface area contributed by atoms with Crippen molar-refractivity contribution in [3.05, 3.63) is 30.1 Å². The van der Waals surface area contributed by atoms with Crippen LogP contribution in [0, 0.1) is 11.8 Å². The van der Waals surface area contributed by atoms with E-state index in [0.29, 0.717) is 12.1 Å². The van der Waals surface area contributed by atoms with Crippen molar-refractivity contribution in [2.24, 2.45) is 11.8 Å². The van der Waals surface area contributed by atoms with Crippen molar-refractivity contribution in [3.8, 4) is 0 Å². The van der Waals surface area contributed by atoms with Crippen LogP contribution in [-0.4, -0.2) is 35.6 Å². The molecule has 1 N–H and O–H groups in total. The van der Waals surface area contributed by atoms with Crippen LogP contribution in [0.2, 0.25) is 0 Å². The summed E-state index contributed by atoms with van der Waals surface area (Å²) in [5.41, 5.74) is 1.34. The Kier molecular flexibility index (Phi) is 2.89. The highest BCUT2D eigenvalue weighted by Gasteiger charge is 2.43. The van der Waals surface area contributed by atoms with Crippen molar-refractivity contribution in [1.29, 1.82) is 0 Å². The van der Waals surface area contributed by atoms with Gasteiger partial charge in [-0.15, -0.1) is 0 Å². The Bertz CT molecular complexity index is 378. The van der Waals surface area contributed by atoms with Crippen LogP contribution < -0.4 is 5.32 Å². The lowest BCUT2D eigenvalue weighted by molar-refractivity contribution is 0.182. The molecular weight excluding hydrogens is 210 g/mol. The molecule has 0 radical (unpaired) electrons. The van der Waals surface area contributed by atoms with Crippen molar-refractivity contribution in [2.75, 3.05) is 19.6 Å². The molecule has 1 aromatic heterocycles. The van der Waals surface area contributed by atoms with Gasteiger partial charge in [0.2, 0.25) is 0 Å². The SMILES string of the molecule is CC(c1cccnc1)N1CC2CNCC2C1C. The number of aromatic nitrogens is 1. The lowest BCUT2D eigenvalue weighted by Crippen LogP contribution is -2.35. The maximum atomic E-state index is 4.24. The van der Waals surface area contributed by atoms with E-state index in [9.17, 15) is 0 Å². The molecule has 3 heteroatoms. The second-order valence-electron chi connectivity index (χ2n) is 5.48. The second kappa shape index (κ2) is 4.39. The third-order valence-electron chi connectivity index (χ3n) is 4.64. The Labute approximate surface area is 103 Å². The highest BCUT2D eigenvalue weighted by atomic mass is 15.2. The van der Waals surface area contributed by atoms with E-state index in [1.54, 1.807) is 0 Å². The van der Waals surface area contributed by atoms with E-state index in [1.807, 2.05) is 18.5 Å². The predicted molar refractivity (Wildman–Crippen MR) is 68.7 cm³/mol. The molecule has 0 bridgehead atoms. The number of nitrogens with zero attached hydrogens (tertiary/aromatic N) is 2. The average Bonchev–Trinajstić information content (AvgIpc) is 2.93. The normalized spacial score (nSPS) is 34.8. The Balaban J connectivity index is 1.77. The number of nitrogens with one attached hydrogen (secondary N) is 1. The molecule has 17 heavy (non-hydrogen) atoms. The molecule has 2 aliphatic rings. The molecule has 2 aliphatic heterocycles. The van der Waals surface area contributed by atoms with Crippen LogP contribution in [-0.2, 0) is 0 Å². The third kappa shape index (κ3) is 1.87. The monoisotopic (exact) mass is 231 g/mol. The number of likely N-dealkylation sites (tertiary alicyclic amines) is 1. The van der Waals surface area contributed by atoms with Gasteiger partial charge in [-0.1, -0.05) is 6.07 Å². The van der Waals surface area contributed by atoms with Crippen LogP contribution in [0.1, 0.15) is 25.5 Å². The first-order chi connectivity index (χ1) is 8.27. The van der Waals surface area contributed by atoms with Crippen molar-refractivity contribution in [2.45, 2.75) is 25.9 Å². The molecule has 3 nitrogen and oxygen atoms in total. The van der Waals surface area contributed by atoms with E-state index < -0.39 is 0 Å². The Morgan fingerprint density at radius 2 is 2.35 bits per heavy atom. The van der Waals surface area contributed by atoms with E-state index in [-0.39, 0.29) is 0 Å². The van der Waals surface area contributed by atoms with Crippen LogP contribution in [0.15, 0.2) is 24.5 Å². The Morgan fingerprint density at radius 1 is 1.47 bits per heavy atom. The van der Waals surface area contributed by atoms with Crippen LogP contribution in [0.5, 0.6) is 0 Å². The molecule has 1 aromatic rings. The summed E-state index contributed by atoms with van der Waals surface area (Å²) in [6.45, 7) is 8.31. The molecule has 4 unspecified atom stereocenters. The summed E-state index contributed by atoms with van der Waals surface area (Å²) in [5.74, 6) is 1.69. The summed E-state index contributed by atoms with van der Waals surface area (Å²) in [5, 5.41) is 3.51. The van der Waals surface area contributed by atoms with E-state index in [4.69, 9.17) is 0 Å². The molecule has 0 aromatic carbocycles. The van der Waals surface area contributed by atoms with Gasteiger partial charge in [-0.2, -0.15) is 0 Å². The molecule has 2 fully saturated rings. The number of hydrogen-bond donors (Lipinski definition) is 1. The highest BCUT2D eigenvalue weighted by molar-refractivity contribution is 5.15. The number of fused-ring (bicyclic) bond motifs is 1. The first kappa shape index (κ1) is 11.2. The van der Waals surface area contributed by atoms with Crippen molar-refractivity contribution in [1.82, 2.24) is 15.2 Å². The molecule has 2 saturated heterocycles. The van der Waals surface area contributed by atoms with E-state index in [2.05, 4.69) is 35.1 Å². The number of pyridine rings is 1. The van der Waals surface area contributed by atoms with Gasteiger partial charge in [0.05, 0.1) is 0 Å². The molecular formula is C14H21N3. The summed E-state index contributed by atoms with van der Waals surface area (Å²) in [4.78, 5) is 6.88. The van der Waals surface area contributed by atoms with Gasteiger partial charge in [-0.3, -0.25) is 9.88 Å². The molecule has 3 heterocycles. The highest BCUT2D eigenvalue weighted by Crippen LogP contribution is 2.37. The summed E-state index contributed by atoms with van der Waals surface area (Å²) >= 11 is 0. The van der Waals surface area contributed by atoms with E-state index >= 15 is 0 Å². The zero-order valence-corrected chi connectivity index (χ0v) is 10.6. The van der Waals surface area contributed by atoms with Gasteiger partial charge < -0.3 is 5.32 Å². The van der Waals surface area contributed by atoms with Crippen LogP contribution in [0.25, 0.3) is 0 Å². The fourth-order valence-corrected chi connectivity index (χ4v) is 3.53. The van der Waals surface area contributed by atoms with Crippen LogP contribution in [0.4, 0.5) is 0 Å². The van der Waals surface area contributed by atoms with Gasteiger partial charge in [-0.05, 0) is 50.4 Å². The van der Waals surface area contributed by atoms with Crippen LogP contribution >= 0.6 is 0 Å². The molecule has 0 saturated carbocycles. The number of hydrogen-bond acceptors (Lipinski definition) is 3.